The van der Waals surface area contributed by atoms with Gasteiger partial charge in [-0.2, -0.15) is 0 Å². The van der Waals surface area contributed by atoms with Crippen LogP contribution < -0.4 is 0 Å². The average molecular weight is 2300 g/mol. The van der Waals surface area contributed by atoms with Crippen LogP contribution in [0.3, 0.4) is 0 Å². The van der Waals surface area contributed by atoms with Crippen LogP contribution in [-0.4, -0.2) is 19.9 Å². The Morgan fingerprint density at radius 1 is 0.211 bits per heavy atom. The van der Waals surface area contributed by atoms with Gasteiger partial charge < -0.3 is 19.9 Å². The van der Waals surface area contributed by atoms with Gasteiger partial charge in [-0.05, 0) is 188 Å². The number of hydrogen-bond donors (Lipinski definition) is 0. The van der Waals surface area contributed by atoms with E-state index in [0.29, 0.717) is 0 Å². The Hall–Kier alpha value is -10.9. The van der Waals surface area contributed by atoms with E-state index in [1.165, 1.54) is 175 Å². The quantitative estimate of drug-likeness (QED) is 0.130. The van der Waals surface area contributed by atoms with E-state index in [-0.39, 0.29) is 107 Å². The molecule has 0 amide bonds. The van der Waals surface area contributed by atoms with E-state index in [4.69, 9.17) is 19.9 Å². The van der Waals surface area contributed by atoms with Crippen LogP contribution in [0.2, 0.25) is 0 Å². The third-order valence-electron chi connectivity index (χ3n) is 25.8. The molecule has 123 heavy (non-hydrogen) atoms. The molecular weight excluding hydrogens is 2210 g/mol. The zero-order valence-corrected chi connectivity index (χ0v) is 80.4. The Kier molecular flexibility index (Phi) is 23.2. The van der Waals surface area contributed by atoms with Crippen LogP contribution in [0.4, 0.5) is 0 Å². The van der Waals surface area contributed by atoms with Gasteiger partial charge in [-0.1, -0.05) is 352 Å². The van der Waals surface area contributed by atoms with Gasteiger partial charge in [0.2, 0.25) is 0 Å². The second-order valence-corrected chi connectivity index (χ2v) is 36.1. The molecule has 4 heterocycles. The van der Waals surface area contributed by atoms with Crippen LogP contribution in [0, 0.1) is 24.3 Å². The Labute approximate surface area is 775 Å². The maximum Gasteiger partial charge on any atom is 0.0167 e. The van der Waals surface area contributed by atoms with Crippen LogP contribution in [0.5, 0.6) is 0 Å². The van der Waals surface area contributed by atoms with Gasteiger partial charge in [-0.3, -0.25) is 0 Å². The van der Waals surface area contributed by atoms with E-state index in [1.54, 1.807) is 0 Å². The number of nitrogens with zero attached hydrogens (tertiary/aromatic N) is 4. The standard InChI is InChI=1S/C32H28N.2C28H20N.C27H22N.4Ir/c1-31(2,3)22-12-15-26-25-13-11-21(18-28(25)32(4,5)29(26)19-22)30-27-14-10-20-8-6-7-9-23(20)24(27)16-17-33-30;1-28(2)25-10-6-5-9-22(25)23-13-12-19(17-26(23)28)27-24-14-11-18-7-3-4-8-20(18)21(24)15-16-29-27;1-28(2)25-10-6-5-9-22(25)24-17-19(12-14-26(24)28)27-23-13-11-18-7-3-4-8-20(18)21(23)15-16-29-27;1-27(2,3)22-12-10-19-16-21(9-8-20(19)17-22)26-25-13-11-18-6-4-5-7-23(18)24(25)14-15-28-26;;;;/h6-10,12-19H,1-5H3;2*3-11,13-17H,1-2H3;4-8,10-17H,1-3H3;;;;/q4*-1;;;;. The molecule has 0 N–H and O–H groups in total. The van der Waals surface area contributed by atoms with Crippen LogP contribution in [0.1, 0.15) is 128 Å². The van der Waals surface area contributed by atoms with Crippen LogP contribution >= 0.6 is 0 Å². The van der Waals surface area contributed by atoms with E-state index in [2.05, 4.69) is 411 Å². The van der Waals surface area contributed by atoms with Crippen LogP contribution in [-0.2, 0) is 107 Å². The summed E-state index contributed by atoms with van der Waals surface area (Å²) in [4.78, 5) is 19.1. The topological polar surface area (TPSA) is 51.6 Å². The van der Waals surface area contributed by atoms with Crippen molar-refractivity contribution in [3.8, 4) is 78.4 Å². The average Bonchev–Trinajstić information content (AvgIpc) is 1.57. The number of benzene rings is 16. The number of fused-ring (bicyclic) bond motifs is 22. The first-order valence-corrected chi connectivity index (χ1v) is 41.6. The molecule has 610 valence electrons. The Morgan fingerprint density at radius 2 is 0.520 bits per heavy atom. The molecule has 3 aliphatic rings. The van der Waals surface area contributed by atoms with E-state index in [9.17, 15) is 0 Å². The molecule has 3 aliphatic carbocycles. The summed E-state index contributed by atoms with van der Waals surface area (Å²) in [7, 11) is 0. The molecular formula is C115H90Ir4N4-4. The molecule has 4 radical (unpaired) electrons. The second-order valence-electron chi connectivity index (χ2n) is 36.1. The van der Waals surface area contributed by atoms with Crippen LogP contribution in [0.25, 0.3) is 175 Å². The van der Waals surface area contributed by atoms with Gasteiger partial charge in [0.25, 0.3) is 0 Å². The first-order valence-electron chi connectivity index (χ1n) is 41.6. The summed E-state index contributed by atoms with van der Waals surface area (Å²) in [5, 5.41) is 22.2. The predicted octanol–water partition coefficient (Wildman–Crippen LogP) is 30.1. The molecule has 0 atom stereocenters. The second kappa shape index (κ2) is 33.3. The molecule has 23 rings (SSSR count). The van der Waals surface area contributed by atoms with E-state index >= 15 is 0 Å². The van der Waals surface area contributed by atoms with Crippen molar-refractivity contribution >= 4 is 97.0 Å². The molecule has 0 saturated heterocycles. The van der Waals surface area contributed by atoms with Gasteiger partial charge in [0, 0.05) is 105 Å². The van der Waals surface area contributed by atoms with Gasteiger partial charge in [0.15, 0.2) is 0 Å². The smallest absolute Gasteiger partial charge is 0.0167 e. The van der Waals surface area contributed by atoms with Gasteiger partial charge in [-0.15, -0.1) is 117 Å². The number of rotatable bonds is 4. The minimum Gasteiger partial charge on any atom is -0.304 e. The molecule has 20 aromatic rings. The molecule has 8 heteroatoms. The van der Waals surface area contributed by atoms with Crippen molar-refractivity contribution < 1.29 is 80.4 Å². The summed E-state index contributed by atoms with van der Waals surface area (Å²) in [5.74, 6) is 0. The Bertz CT molecular complexity index is 7570. The third kappa shape index (κ3) is 15.0. The molecule has 0 unspecified atom stereocenters. The van der Waals surface area contributed by atoms with Crippen molar-refractivity contribution in [2.75, 3.05) is 0 Å². The first kappa shape index (κ1) is 85.6. The Balaban J connectivity index is 0.000000120. The van der Waals surface area contributed by atoms with Crippen molar-refractivity contribution in [1.29, 1.82) is 0 Å². The fourth-order valence-corrected chi connectivity index (χ4v) is 19.2. The summed E-state index contributed by atoms with van der Waals surface area (Å²) >= 11 is 0. The largest absolute Gasteiger partial charge is 0.304 e. The van der Waals surface area contributed by atoms with E-state index in [1.807, 2.05) is 24.8 Å². The molecule has 0 fully saturated rings. The molecule has 4 nitrogen and oxygen atoms in total. The third-order valence-corrected chi connectivity index (χ3v) is 25.8. The number of hydrogen-bond acceptors (Lipinski definition) is 4. The molecule has 4 aromatic heterocycles. The summed E-state index contributed by atoms with van der Waals surface area (Å²) in [6.07, 6.45) is 7.68. The zero-order valence-electron chi connectivity index (χ0n) is 70.8. The fraction of sp³-hybridized carbons (Fsp3) is 0.148. The summed E-state index contributed by atoms with van der Waals surface area (Å²) in [6, 6.07) is 123. The normalized spacial score (nSPS) is 13.3. The predicted molar refractivity (Wildman–Crippen MR) is 502 cm³/mol. The van der Waals surface area contributed by atoms with E-state index < -0.39 is 0 Å². The van der Waals surface area contributed by atoms with Crippen LogP contribution in [0.15, 0.2) is 328 Å². The molecule has 0 spiro atoms. The van der Waals surface area contributed by atoms with Gasteiger partial charge >= 0.3 is 0 Å². The minimum atomic E-state index is -0.0624. The molecule has 0 aliphatic heterocycles. The van der Waals surface area contributed by atoms with Crippen molar-refractivity contribution in [3.63, 3.8) is 0 Å². The summed E-state index contributed by atoms with van der Waals surface area (Å²) in [6.45, 7) is 27.5. The molecule has 16 aromatic carbocycles. The maximum atomic E-state index is 4.82. The van der Waals surface area contributed by atoms with Crippen molar-refractivity contribution in [2.45, 2.75) is 110 Å². The van der Waals surface area contributed by atoms with Gasteiger partial charge in [0.1, 0.15) is 0 Å². The molecule has 0 saturated carbocycles. The van der Waals surface area contributed by atoms with E-state index in [0.717, 1.165) is 45.0 Å². The number of pyridine rings is 4. The van der Waals surface area contributed by atoms with Gasteiger partial charge in [0.05, 0.1) is 0 Å². The zero-order chi connectivity index (χ0) is 81.4. The molecule has 0 bridgehead atoms. The first-order chi connectivity index (χ1) is 57.5. The SMILES string of the molecule is CC(C)(C)c1ccc2c(c1)C(C)(C)c1cc(-c3nccc4c3ccc3ccccc34)[c-]cc1-2.CC(C)(C)c1ccc2cc(-c3nccc4c3ccc3ccccc34)[c-]cc2c1.CC1(C)c2c[c-]c(-c3nccc4c3ccc3ccccc34)cc2-c2ccccc21.CC1(C)c2ccccc2-c2c[c-]c(-c3nccc4c3ccc3ccccc34)cc21.[Ir].[Ir].[Ir].[Ir]. The van der Waals surface area contributed by atoms with Crippen molar-refractivity contribution in [1.82, 2.24) is 19.9 Å². The monoisotopic (exact) mass is 2300 g/mol. The summed E-state index contributed by atoms with van der Waals surface area (Å²) in [5.41, 5.74) is 27.2. The van der Waals surface area contributed by atoms with Crippen molar-refractivity contribution in [2.24, 2.45) is 0 Å². The fourth-order valence-electron chi connectivity index (χ4n) is 19.2. The van der Waals surface area contributed by atoms with Crippen molar-refractivity contribution in [3.05, 3.63) is 397 Å². The Morgan fingerprint density at radius 3 is 0.943 bits per heavy atom. The minimum absolute atomic E-state index is 0. The maximum absolute atomic E-state index is 4.82. The number of aromatic nitrogens is 4. The van der Waals surface area contributed by atoms with Gasteiger partial charge in [-0.25, -0.2) is 0 Å². The summed E-state index contributed by atoms with van der Waals surface area (Å²) < 4.78 is 0.